The van der Waals surface area contributed by atoms with Crippen molar-refractivity contribution in [1.82, 2.24) is 20.3 Å². The molecule has 0 atom stereocenters. The molecule has 0 fully saturated rings. The lowest BCUT2D eigenvalue weighted by Gasteiger charge is -2.04. The average molecular weight is 391 g/mol. The van der Waals surface area contributed by atoms with Crippen LogP contribution < -0.4 is 5.32 Å². The molecule has 0 amide bonds. The van der Waals surface area contributed by atoms with Crippen LogP contribution in [-0.2, 0) is 17.8 Å². The van der Waals surface area contributed by atoms with Gasteiger partial charge in [0.15, 0.2) is 0 Å². The van der Waals surface area contributed by atoms with Crippen molar-refractivity contribution in [2.24, 2.45) is 0 Å². The van der Waals surface area contributed by atoms with Gasteiger partial charge in [0.05, 0.1) is 13.2 Å². The molecule has 0 saturated heterocycles. The maximum atomic E-state index is 6.28. The third kappa shape index (κ3) is 4.83. The topological polar surface area (TPSA) is 52.0 Å². The number of ether oxygens (including phenoxy) is 1. The largest absolute Gasteiger partial charge is 0.383 e. The van der Waals surface area contributed by atoms with Gasteiger partial charge in [-0.3, -0.25) is 0 Å². The molecule has 7 heteroatoms. The van der Waals surface area contributed by atoms with E-state index >= 15 is 0 Å². The predicted molar refractivity (Wildman–Crippen MR) is 105 cm³/mol. The maximum absolute atomic E-state index is 6.28. The lowest BCUT2D eigenvalue weighted by atomic mass is 10.1. The Morgan fingerprint density at radius 1 is 1.08 bits per heavy atom. The fraction of sp³-hybridized carbons (Fsp3) is 0.263. The zero-order valence-corrected chi connectivity index (χ0v) is 16.0. The molecule has 0 bridgehead atoms. The predicted octanol–water partition coefficient (Wildman–Crippen LogP) is 4.04. The van der Waals surface area contributed by atoms with Crippen LogP contribution in [0.25, 0.3) is 11.3 Å². The minimum absolute atomic E-state index is 0.480. The van der Waals surface area contributed by atoms with Crippen LogP contribution in [0.15, 0.2) is 48.5 Å². The van der Waals surface area contributed by atoms with E-state index in [1.807, 2.05) is 42.5 Å². The number of nitrogens with zero attached hydrogens (tertiary/aromatic N) is 3. The quantitative estimate of drug-likeness (QED) is 0.589. The Morgan fingerprint density at radius 2 is 1.88 bits per heavy atom. The standard InChI is InChI=1S/C19H20Cl2N4O/c1-26-10-9-22-12-18-19(14-5-3-2-4-6-14)24-25(23-18)13-15-7-8-16(20)11-17(15)21/h2-8,11,22H,9-10,12-13H2,1H3. The molecule has 0 aliphatic heterocycles. The monoisotopic (exact) mass is 390 g/mol. The molecule has 3 aromatic rings. The Morgan fingerprint density at radius 3 is 2.62 bits per heavy atom. The van der Waals surface area contributed by atoms with Crippen LogP contribution in [0.2, 0.25) is 10.0 Å². The zero-order valence-electron chi connectivity index (χ0n) is 14.5. The Hall–Kier alpha value is -1.92. The van der Waals surface area contributed by atoms with E-state index in [9.17, 15) is 0 Å². The number of rotatable bonds is 8. The first kappa shape index (κ1) is 18.9. The molecule has 0 unspecified atom stereocenters. The molecular formula is C19H20Cl2N4O. The summed E-state index contributed by atoms with van der Waals surface area (Å²) < 4.78 is 5.07. The Kier molecular flexibility index (Phi) is 6.63. The van der Waals surface area contributed by atoms with Gasteiger partial charge >= 0.3 is 0 Å². The molecule has 5 nitrogen and oxygen atoms in total. The second-order valence-corrected chi connectivity index (χ2v) is 6.64. The molecule has 0 aliphatic carbocycles. The summed E-state index contributed by atoms with van der Waals surface area (Å²) in [6.45, 7) is 2.49. The summed E-state index contributed by atoms with van der Waals surface area (Å²) in [5.41, 5.74) is 3.70. The number of hydrogen-bond donors (Lipinski definition) is 1. The molecule has 3 rings (SSSR count). The van der Waals surface area contributed by atoms with Gasteiger partial charge < -0.3 is 10.1 Å². The van der Waals surface area contributed by atoms with Crippen molar-refractivity contribution in [1.29, 1.82) is 0 Å². The van der Waals surface area contributed by atoms with E-state index in [2.05, 4.69) is 15.5 Å². The first-order valence-electron chi connectivity index (χ1n) is 8.30. The lowest BCUT2D eigenvalue weighted by Crippen LogP contribution is -2.19. The van der Waals surface area contributed by atoms with Crippen molar-refractivity contribution < 1.29 is 4.74 Å². The van der Waals surface area contributed by atoms with E-state index in [0.29, 0.717) is 29.7 Å². The molecule has 26 heavy (non-hydrogen) atoms. The van der Waals surface area contributed by atoms with Gasteiger partial charge in [0.25, 0.3) is 0 Å². The molecule has 2 aromatic carbocycles. The number of nitrogens with one attached hydrogen (secondary N) is 1. The Bertz CT molecular complexity index is 852. The van der Waals surface area contributed by atoms with Crippen molar-refractivity contribution in [3.05, 3.63) is 69.8 Å². The third-order valence-corrected chi connectivity index (χ3v) is 4.46. The summed E-state index contributed by atoms with van der Waals surface area (Å²) in [6.07, 6.45) is 0. The van der Waals surface area contributed by atoms with E-state index in [0.717, 1.165) is 29.1 Å². The van der Waals surface area contributed by atoms with Gasteiger partial charge in [0, 0.05) is 35.8 Å². The number of aromatic nitrogens is 3. The van der Waals surface area contributed by atoms with Crippen molar-refractivity contribution >= 4 is 23.2 Å². The van der Waals surface area contributed by atoms with E-state index in [-0.39, 0.29) is 0 Å². The molecule has 0 spiro atoms. The van der Waals surface area contributed by atoms with E-state index < -0.39 is 0 Å². The van der Waals surface area contributed by atoms with Gasteiger partial charge in [-0.2, -0.15) is 15.0 Å². The number of benzene rings is 2. The molecule has 1 N–H and O–H groups in total. The highest BCUT2D eigenvalue weighted by atomic mass is 35.5. The highest BCUT2D eigenvalue weighted by Gasteiger charge is 2.14. The number of methoxy groups -OCH3 is 1. The fourth-order valence-electron chi connectivity index (χ4n) is 2.58. The van der Waals surface area contributed by atoms with Gasteiger partial charge in [0.2, 0.25) is 0 Å². The van der Waals surface area contributed by atoms with Crippen molar-refractivity contribution in [3.8, 4) is 11.3 Å². The summed E-state index contributed by atoms with van der Waals surface area (Å²) in [7, 11) is 1.68. The molecule has 0 saturated carbocycles. The minimum atomic E-state index is 0.480. The van der Waals surface area contributed by atoms with Crippen LogP contribution in [-0.4, -0.2) is 35.3 Å². The second-order valence-electron chi connectivity index (χ2n) is 5.80. The normalized spacial score (nSPS) is 11.0. The highest BCUT2D eigenvalue weighted by molar-refractivity contribution is 6.35. The summed E-state index contributed by atoms with van der Waals surface area (Å²) in [4.78, 5) is 1.67. The van der Waals surface area contributed by atoms with Crippen LogP contribution in [0.1, 0.15) is 11.3 Å². The number of halogens is 2. The molecule has 136 valence electrons. The van der Waals surface area contributed by atoms with Crippen molar-refractivity contribution in [2.75, 3.05) is 20.3 Å². The van der Waals surface area contributed by atoms with Crippen molar-refractivity contribution in [2.45, 2.75) is 13.1 Å². The summed E-state index contributed by atoms with van der Waals surface area (Å²) >= 11 is 12.3. The molecular weight excluding hydrogens is 371 g/mol. The van der Waals surface area contributed by atoms with Gasteiger partial charge in [0.1, 0.15) is 11.4 Å². The van der Waals surface area contributed by atoms with E-state index in [1.165, 1.54) is 0 Å². The molecule has 0 aliphatic rings. The maximum Gasteiger partial charge on any atom is 0.117 e. The molecule has 1 heterocycles. The van der Waals surface area contributed by atoms with Gasteiger partial charge in [-0.25, -0.2) is 0 Å². The second kappa shape index (κ2) is 9.14. The molecule has 1 aromatic heterocycles. The summed E-state index contributed by atoms with van der Waals surface area (Å²) in [6, 6.07) is 15.5. The van der Waals surface area contributed by atoms with Crippen LogP contribution in [0.4, 0.5) is 0 Å². The minimum Gasteiger partial charge on any atom is -0.383 e. The number of hydrogen-bond acceptors (Lipinski definition) is 4. The first-order valence-corrected chi connectivity index (χ1v) is 9.06. The third-order valence-electron chi connectivity index (χ3n) is 3.87. The highest BCUT2D eigenvalue weighted by Crippen LogP contribution is 2.23. The van der Waals surface area contributed by atoms with Gasteiger partial charge in [-0.15, -0.1) is 0 Å². The van der Waals surface area contributed by atoms with E-state index in [1.54, 1.807) is 18.0 Å². The summed E-state index contributed by atoms with van der Waals surface area (Å²) in [5, 5.41) is 13.9. The van der Waals surface area contributed by atoms with Gasteiger partial charge in [-0.05, 0) is 17.7 Å². The Balaban J connectivity index is 1.85. The van der Waals surface area contributed by atoms with Gasteiger partial charge in [-0.1, -0.05) is 59.6 Å². The first-order chi connectivity index (χ1) is 12.7. The van der Waals surface area contributed by atoms with Crippen LogP contribution in [0.5, 0.6) is 0 Å². The van der Waals surface area contributed by atoms with Crippen molar-refractivity contribution in [3.63, 3.8) is 0 Å². The van der Waals surface area contributed by atoms with Crippen LogP contribution in [0, 0.1) is 0 Å². The average Bonchev–Trinajstić information content (AvgIpc) is 3.05. The molecule has 0 radical (unpaired) electrons. The Labute approximate surface area is 162 Å². The fourth-order valence-corrected chi connectivity index (χ4v) is 3.04. The zero-order chi connectivity index (χ0) is 18.4. The SMILES string of the molecule is COCCNCc1nn(Cc2ccc(Cl)cc2Cl)nc1-c1ccccc1. The van der Waals surface area contributed by atoms with Crippen LogP contribution in [0.3, 0.4) is 0 Å². The van der Waals surface area contributed by atoms with E-state index in [4.69, 9.17) is 27.9 Å². The summed E-state index contributed by atoms with van der Waals surface area (Å²) in [5.74, 6) is 0. The smallest absolute Gasteiger partial charge is 0.117 e. The van der Waals surface area contributed by atoms with Crippen LogP contribution >= 0.6 is 23.2 Å². The lowest BCUT2D eigenvalue weighted by molar-refractivity contribution is 0.199.